The molecule has 4 nitrogen and oxygen atoms in total. The third-order valence-electron chi connectivity index (χ3n) is 2.38. The average molecular weight is 256 g/mol. The first-order valence-corrected chi connectivity index (χ1v) is 4.97. The number of alkyl halides is 3. The zero-order valence-electron chi connectivity index (χ0n) is 8.96. The Bertz CT molecular complexity index is 537. The molecule has 0 saturated heterocycles. The molecule has 8 heteroatoms. The highest BCUT2D eigenvalue weighted by Crippen LogP contribution is 2.29. The molecule has 2 N–H and O–H groups in total. The average Bonchev–Trinajstić information content (AvgIpc) is 2.77. The number of benzene rings is 1. The fraction of sp³-hybridized carbons (Fsp3) is 0.100. The van der Waals surface area contributed by atoms with Gasteiger partial charge in [0, 0.05) is 6.20 Å². The second-order valence-electron chi connectivity index (χ2n) is 3.59. The summed E-state index contributed by atoms with van der Waals surface area (Å²) in [6.07, 6.45) is -3.07. The maximum Gasteiger partial charge on any atom is 0.508 e. The van der Waals surface area contributed by atoms with Gasteiger partial charge in [-0.1, -0.05) is 0 Å². The summed E-state index contributed by atoms with van der Waals surface area (Å²) >= 11 is 0. The highest BCUT2D eigenvalue weighted by Gasteiger charge is 2.30. The van der Waals surface area contributed by atoms with E-state index in [0.717, 1.165) is 16.8 Å². The van der Waals surface area contributed by atoms with Gasteiger partial charge >= 0.3 is 13.3 Å². The molecule has 0 bridgehead atoms. The molecule has 0 aliphatic rings. The quantitative estimate of drug-likeness (QED) is 0.772. The summed E-state index contributed by atoms with van der Waals surface area (Å²) in [6.45, 7) is 0. The smallest absolute Gasteiger partial charge is 0.422 e. The van der Waals surface area contributed by atoms with Crippen molar-refractivity contribution >= 4 is 12.7 Å². The predicted molar refractivity (Wildman–Crippen MR) is 58.4 cm³/mol. The first kappa shape index (κ1) is 12.7. The van der Waals surface area contributed by atoms with Gasteiger partial charge in [0.1, 0.15) is 0 Å². The maximum absolute atomic E-state index is 12.4. The standard InChI is InChI=1S/C10H8BF3N2O2/c12-10(13,14)7-1-3-8(4-2-7)16-9(11(17)18)5-6-15-16/h1-6,17-18H. The third-order valence-corrected chi connectivity index (χ3v) is 2.38. The molecule has 0 aliphatic carbocycles. The Morgan fingerprint density at radius 2 is 1.67 bits per heavy atom. The largest absolute Gasteiger partial charge is 0.508 e. The molecular weight excluding hydrogens is 248 g/mol. The normalized spacial score (nSPS) is 11.6. The van der Waals surface area contributed by atoms with Crippen LogP contribution >= 0.6 is 0 Å². The van der Waals surface area contributed by atoms with Gasteiger partial charge in [0.2, 0.25) is 0 Å². The van der Waals surface area contributed by atoms with Crippen molar-refractivity contribution in [1.82, 2.24) is 9.78 Å². The van der Waals surface area contributed by atoms with Crippen molar-refractivity contribution in [3.05, 3.63) is 42.1 Å². The lowest BCUT2D eigenvalue weighted by Crippen LogP contribution is -2.36. The molecule has 0 amide bonds. The van der Waals surface area contributed by atoms with Gasteiger partial charge in [-0.05, 0) is 30.3 Å². The van der Waals surface area contributed by atoms with Gasteiger partial charge in [-0.2, -0.15) is 18.3 Å². The predicted octanol–water partition coefficient (Wildman–Crippen LogP) is 0.571. The number of nitrogens with zero attached hydrogens (tertiary/aromatic N) is 2. The van der Waals surface area contributed by atoms with E-state index in [2.05, 4.69) is 5.10 Å². The molecule has 0 spiro atoms. The fourth-order valence-electron chi connectivity index (χ4n) is 1.52. The zero-order valence-corrected chi connectivity index (χ0v) is 8.96. The minimum Gasteiger partial charge on any atom is -0.422 e. The van der Waals surface area contributed by atoms with Crippen LogP contribution in [0.1, 0.15) is 5.56 Å². The van der Waals surface area contributed by atoms with E-state index in [9.17, 15) is 13.2 Å². The Hall–Kier alpha value is -1.80. The van der Waals surface area contributed by atoms with Crippen LogP contribution in [0.25, 0.3) is 5.69 Å². The Kier molecular flexibility index (Phi) is 3.14. The van der Waals surface area contributed by atoms with Crippen molar-refractivity contribution in [2.24, 2.45) is 0 Å². The maximum atomic E-state index is 12.4. The molecular formula is C10H8BF3N2O2. The van der Waals surface area contributed by atoms with Crippen LogP contribution < -0.4 is 5.59 Å². The number of aromatic nitrogens is 2. The van der Waals surface area contributed by atoms with Crippen LogP contribution in [0.15, 0.2) is 36.5 Å². The Morgan fingerprint density at radius 1 is 1.06 bits per heavy atom. The summed E-state index contributed by atoms with van der Waals surface area (Å²) in [6, 6.07) is 5.60. The van der Waals surface area contributed by atoms with E-state index >= 15 is 0 Å². The summed E-state index contributed by atoms with van der Waals surface area (Å²) in [5.41, 5.74) is -0.379. The molecule has 0 atom stereocenters. The minimum atomic E-state index is -4.40. The van der Waals surface area contributed by atoms with E-state index in [0.29, 0.717) is 5.69 Å². The molecule has 0 fully saturated rings. The first-order valence-electron chi connectivity index (χ1n) is 4.97. The van der Waals surface area contributed by atoms with Crippen LogP contribution in [0, 0.1) is 0 Å². The van der Waals surface area contributed by atoms with Crippen molar-refractivity contribution < 1.29 is 23.2 Å². The van der Waals surface area contributed by atoms with Crippen molar-refractivity contribution in [1.29, 1.82) is 0 Å². The monoisotopic (exact) mass is 256 g/mol. The summed E-state index contributed by atoms with van der Waals surface area (Å²) in [4.78, 5) is 0. The molecule has 94 valence electrons. The molecule has 0 aliphatic heterocycles. The summed E-state index contributed by atoms with van der Waals surface area (Å²) in [5.74, 6) is 0. The van der Waals surface area contributed by atoms with Gasteiger partial charge in [0.25, 0.3) is 0 Å². The lowest BCUT2D eigenvalue weighted by Gasteiger charge is -2.09. The van der Waals surface area contributed by atoms with Crippen molar-refractivity contribution in [3.8, 4) is 5.69 Å². The Labute approximate surface area is 100 Å². The minimum absolute atomic E-state index is 0.0785. The first-order chi connectivity index (χ1) is 8.39. The number of hydrogen-bond acceptors (Lipinski definition) is 3. The van der Waals surface area contributed by atoms with E-state index in [4.69, 9.17) is 10.0 Å². The molecule has 1 heterocycles. The SMILES string of the molecule is OB(O)c1ccnn1-c1ccc(C(F)(F)F)cc1. The van der Waals surface area contributed by atoms with Gasteiger partial charge in [-0.25, -0.2) is 4.68 Å². The van der Waals surface area contributed by atoms with E-state index in [1.807, 2.05) is 0 Å². The van der Waals surface area contributed by atoms with E-state index in [1.54, 1.807) is 0 Å². The lowest BCUT2D eigenvalue weighted by molar-refractivity contribution is -0.137. The van der Waals surface area contributed by atoms with Gasteiger partial charge in [0.15, 0.2) is 0 Å². The Balaban J connectivity index is 2.38. The second kappa shape index (κ2) is 4.47. The summed E-state index contributed by atoms with van der Waals surface area (Å²) in [5, 5.41) is 21.9. The molecule has 1 aromatic carbocycles. The van der Waals surface area contributed by atoms with Crippen LogP contribution in [0.3, 0.4) is 0 Å². The van der Waals surface area contributed by atoms with E-state index in [-0.39, 0.29) is 5.59 Å². The van der Waals surface area contributed by atoms with Crippen molar-refractivity contribution in [2.75, 3.05) is 0 Å². The highest BCUT2D eigenvalue weighted by atomic mass is 19.4. The Morgan fingerprint density at radius 3 is 2.17 bits per heavy atom. The van der Waals surface area contributed by atoms with E-state index < -0.39 is 18.9 Å². The number of halogens is 3. The van der Waals surface area contributed by atoms with Crippen molar-refractivity contribution in [2.45, 2.75) is 6.18 Å². The summed E-state index contributed by atoms with van der Waals surface area (Å²) in [7, 11) is -1.74. The third kappa shape index (κ3) is 2.39. The van der Waals surface area contributed by atoms with Crippen LogP contribution in [0.2, 0.25) is 0 Å². The van der Waals surface area contributed by atoms with Crippen LogP contribution in [0.5, 0.6) is 0 Å². The van der Waals surface area contributed by atoms with E-state index in [1.165, 1.54) is 24.4 Å². The lowest BCUT2D eigenvalue weighted by atomic mass is 9.86. The molecule has 1 aromatic heterocycles. The fourth-order valence-corrected chi connectivity index (χ4v) is 1.52. The van der Waals surface area contributed by atoms with Crippen LogP contribution in [-0.4, -0.2) is 26.9 Å². The molecule has 2 rings (SSSR count). The van der Waals surface area contributed by atoms with Gasteiger partial charge in [-0.15, -0.1) is 0 Å². The zero-order chi connectivity index (χ0) is 13.3. The molecule has 2 aromatic rings. The topological polar surface area (TPSA) is 58.3 Å². The number of rotatable bonds is 2. The highest BCUT2D eigenvalue weighted by molar-refractivity contribution is 6.57. The van der Waals surface area contributed by atoms with Gasteiger partial charge in [-0.3, -0.25) is 0 Å². The summed E-state index contributed by atoms with van der Waals surface area (Å²) < 4.78 is 38.3. The molecule has 0 unspecified atom stereocenters. The van der Waals surface area contributed by atoms with Crippen LogP contribution in [0.4, 0.5) is 13.2 Å². The molecule has 0 radical (unpaired) electrons. The van der Waals surface area contributed by atoms with Gasteiger partial charge in [0.05, 0.1) is 16.8 Å². The number of hydrogen-bond donors (Lipinski definition) is 2. The van der Waals surface area contributed by atoms with Crippen molar-refractivity contribution in [3.63, 3.8) is 0 Å². The molecule has 0 saturated carbocycles. The second-order valence-corrected chi connectivity index (χ2v) is 3.59. The van der Waals surface area contributed by atoms with Crippen LogP contribution in [-0.2, 0) is 6.18 Å². The molecule has 18 heavy (non-hydrogen) atoms. The van der Waals surface area contributed by atoms with Gasteiger partial charge < -0.3 is 10.0 Å².